The number of aromatic nitrogens is 2. The third kappa shape index (κ3) is 5.31. The summed E-state index contributed by atoms with van der Waals surface area (Å²) < 4.78 is 5.29. The highest BCUT2D eigenvalue weighted by Gasteiger charge is 2.13. The van der Waals surface area contributed by atoms with E-state index in [9.17, 15) is 0 Å². The summed E-state index contributed by atoms with van der Waals surface area (Å²) in [6.45, 7) is 6.34. The SMILES string of the molecule is CCCCc1noc(C(C)CCCC(C)N)n1. The van der Waals surface area contributed by atoms with Crippen molar-refractivity contribution in [2.24, 2.45) is 5.73 Å². The van der Waals surface area contributed by atoms with Gasteiger partial charge < -0.3 is 10.3 Å². The van der Waals surface area contributed by atoms with Gasteiger partial charge in [0, 0.05) is 18.4 Å². The van der Waals surface area contributed by atoms with Crippen molar-refractivity contribution in [3.05, 3.63) is 11.7 Å². The molecule has 0 saturated heterocycles. The van der Waals surface area contributed by atoms with Crippen LogP contribution >= 0.6 is 0 Å². The van der Waals surface area contributed by atoms with Crippen molar-refractivity contribution in [2.75, 3.05) is 0 Å². The first-order chi connectivity index (χ1) is 8.13. The van der Waals surface area contributed by atoms with Crippen molar-refractivity contribution in [1.29, 1.82) is 0 Å². The van der Waals surface area contributed by atoms with Crippen LogP contribution in [0.2, 0.25) is 0 Å². The monoisotopic (exact) mass is 239 g/mol. The number of unbranched alkanes of at least 4 members (excludes halogenated alkanes) is 1. The van der Waals surface area contributed by atoms with Crippen LogP contribution in [-0.4, -0.2) is 16.2 Å². The van der Waals surface area contributed by atoms with E-state index >= 15 is 0 Å². The minimum Gasteiger partial charge on any atom is -0.339 e. The molecule has 0 aliphatic carbocycles. The maximum Gasteiger partial charge on any atom is 0.229 e. The molecule has 1 aromatic rings. The second kappa shape index (κ2) is 7.43. The second-order valence-electron chi connectivity index (χ2n) is 4.96. The van der Waals surface area contributed by atoms with Gasteiger partial charge in [-0.2, -0.15) is 4.98 Å². The lowest BCUT2D eigenvalue weighted by atomic mass is 10.0. The summed E-state index contributed by atoms with van der Waals surface area (Å²) in [5.74, 6) is 1.97. The molecule has 17 heavy (non-hydrogen) atoms. The Morgan fingerprint density at radius 2 is 2.00 bits per heavy atom. The van der Waals surface area contributed by atoms with Crippen molar-refractivity contribution >= 4 is 0 Å². The summed E-state index contributed by atoms with van der Waals surface area (Å²) in [6, 6.07) is 0.282. The quantitative estimate of drug-likeness (QED) is 0.757. The van der Waals surface area contributed by atoms with Gasteiger partial charge in [0.25, 0.3) is 0 Å². The van der Waals surface area contributed by atoms with E-state index in [1.165, 1.54) is 0 Å². The summed E-state index contributed by atoms with van der Waals surface area (Å²) in [6.07, 6.45) is 6.45. The Hall–Kier alpha value is -0.900. The fourth-order valence-electron chi connectivity index (χ4n) is 1.77. The molecule has 2 atom stereocenters. The maximum atomic E-state index is 5.72. The molecule has 0 saturated carbocycles. The molecule has 0 amide bonds. The van der Waals surface area contributed by atoms with Crippen molar-refractivity contribution in [2.45, 2.75) is 71.3 Å². The molecule has 0 spiro atoms. The van der Waals surface area contributed by atoms with Gasteiger partial charge in [0.15, 0.2) is 5.82 Å². The topological polar surface area (TPSA) is 64.9 Å². The summed E-state index contributed by atoms with van der Waals surface area (Å²) in [4.78, 5) is 4.44. The van der Waals surface area contributed by atoms with Crippen LogP contribution < -0.4 is 5.73 Å². The smallest absolute Gasteiger partial charge is 0.229 e. The molecule has 1 heterocycles. The molecule has 0 aromatic carbocycles. The molecule has 1 aromatic heterocycles. The molecule has 0 radical (unpaired) electrons. The highest BCUT2D eigenvalue weighted by Crippen LogP contribution is 2.20. The molecule has 98 valence electrons. The normalized spacial score (nSPS) is 14.8. The predicted octanol–water partition coefficient (Wildman–Crippen LogP) is 3.03. The van der Waals surface area contributed by atoms with E-state index in [2.05, 4.69) is 24.0 Å². The molecule has 4 nitrogen and oxygen atoms in total. The fraction of sp³-hybridized carbons (Fsp3) is 0.846. The van der Waals surface area contributed by atoms with Crippen molar-refractivity contribution in [3.8, 4) is 0 Å². The number of hydrogen-bond acceptors (Lipinski definition) is 4. The predicted molar refractivity (Wildman–Crippen MR) is 68.8 cm³/mol. The first kappa shape index (κ1) is 14.2. The van der Waals surface area contributed by atoms with Crippen LogP contribution in [0.3, 0.4) is 0 Å². The van der Waals surface area contributed by atoms with E-state index in [-0.39, 0.29) is 6.04 Å². The standard InChI is InChI=1S/C13H25N3O/c1-4-5-9-12-15-13(17-16-12)10(2)7-6-8-11(3)14/h10-11H,4-9,14H2,1-3H3. The molecular formula is C13H25N3O. The number of rotatable bonds is 8. The largest absolute Gasteiger partial charge is 0.339 e. The molecular weight excluding hydrogens is 214 g/mol. The first-order valence-corrected chi connectivity index (χ1v) is 6.71. The van der Waals surface area contributed by atoms with Gasteiger partial charge in [-0.1, -0.05) is 31.8 Å². The summed E-state index contributed by atoms with van der Waals surface area (Å²) in [5.41, 5.74) is 5.72. The molecule has 0 fully saturated rings. The fourth-order valence-corrected chi connectivity index (χ4v) is 1.77. The average molecular weight is 239 g/mol. The van der Waals surface area contributed by atoms with Gasteiger partial charge >= 0.3 is 0 Å². The molecule has 2 unspecified atom stereocenters. The highest BCUT2D eigenvalue weighted by molar-refractivity contribution is 4.92. The Morgan fingerprint density at radius 3 is 2.65 bits per heavy atom. The van der Waals surface area contributed by atoms with Crippen LogP contribution in [0.5, 0.6) is 0 Å². The third-order valence-corrected chi connectivity index (χ3v) is 2.96. The van der Waals surface area contributed by atoms with Gasteiger partial charge in [-0.05, 0) is 26.2 Å². The lowest BCUT2D eigenvalue weighted by Crippen LogP contribution is -2.14. The van der Waals surface area contributed by atoms with E-state index in [0.717, 1.165) is 50.2 Å². The molecule has 4 heteroatoms. The Labute approximate surface area is 104 Å². The van der Waals surface area contributed by atoms with Crippen LogP contribution in [0.15, 0.2) is 4.52 Å². The van der Waals surface area contributed by atoms with Crippen LogP contribution in [0.4, 0.5) is 0 Å². The zero-order valence-corrected chi connectivity index (χ0v) is 11.3. The molecule has 0 aliphatic heterocycles. The van der Waals surface area contributed by atoms with Crippen molar-refractivity contribution in [3.63, 3.8) is 0 Å². The maximum absolute atomic E-state index is 5.72. The molecule has 1 rings (SSSR count). The van der Waals surface area contributed by atoms with Crippen molar-refractivity contribution < 1.29 is 4.52 Å². The number of nitrogens with two attached hydrogens (primary N) is 1. The second-order valence-corrected chi connectivity index (χ2v) is 4.96. The van der Waals surface area contributed by atoms with E-state index < -0.39 is 0 Å². The van der Waals surface area contributed by atoms with Crippen LogP contribution in [0, 0.1) is 0 Å². The Kier molecular flexibility index (Phi) is 6.19. The van der Waals surface area contributed by atoms with E-state index in [1.807, 2.05) is 6.92 Å². The summed E-state index contributed by atoms with van der Waals surface area (Å²) >= 11 is 0. The van der Waals surface area contributed by atoms with Crippen LogP contribution in [0.1, 0.15) is 70.5 Å². The summed E-state index contributed by atoms with van der Waals surface area (Å²) in [5, 5.41) is 4.01. The summed E-state index contributed by atoms with van der Waals surface area (Å²) in [7, 11) is 0. The van der Waals surface area contributed by atoms with Gasteiger partial charge in [-0.3, -0.25) is 0 Å². The Morgan fingerprint density at radius 1 is 1.24 bits per heavy atom. The van der Waals surface area contributed by atoms with Gasteiger partial charge in [0.1, 0.15) is 0 Å². The van der Waals surface area contributed by atoms with Crippen LogP contribution in [-0.2, 0) is 6.42 Å². The van der Waals surface area contributed by atoms with Crippen LogP contribution in [0.25, 0.3) is 0 Å². The third-order valence-electron chi connectivity index (χ3n) is 2.96. The average Bonchev–Trinajstić information content (AvgIpc) is 2.74. The Balaban J connectivity index is 2.35. The van der Waals surface area contributed by atoms with E-state index in [1.54, 1.807) is 0 Å². The number of nitrogens with zero attached hydrogens (tertiary/aromatic N) is 2. The van der Waals surface area contributed by atoms with Gasteiger partial charge in [-0.25, -0.2) is 0 Å². The lowest BCUT2D eigenvalue weighted by molar-refractivity contribution is 0.345. The zero-order chi connectivity index (χ0) is 12.7. The zero-order valence-electron chi connectivity index (χ0n) is 11.3. The first-order valence-electron chi connectivity index (χ1n) is 6.71. The molecule has 2 N–H and O–H groups in total. The van der Waals surface area contributed by atoms with Gasteiger partial charge in [0.05, 0.1) is 0 Å². The molecule has 0 bridgehead atoms. The van der Waals surface area contributed by atoms with Gasteiger partial charge in [0.2, 0.25) is 5.89 Å². The highest BCUT2D eigenvalue weighted by atomic mass is 16.5. The molecule has 0 aliphatic rings. The number of hydrogen-bond donors (Lipinski definition) is 1. The van der Waals surface area contributed by atoms with E-state index in [4.69, 9.17) is 10.3 Å². The Bertz CT molecular complexity index is 309. The van der Waals surface area contributed by atoms with Crippen molar-refractivity contribution in [1.82, 2.24) is 10.1 Å². The number of aryl methyl sites for hydroxylation is 1. The minimum absolute atomic E-state index is 0.282. The lowest BCUT2D eigenvalue weighted by Gasteiger charge is -2.07. The van der Waals surface area contributed by atoms with Gasteiger partial charge in [-0.15, -0.1) is 0 Å². The van der Waals surface area contributed by atoms with E-state index in [0.29, 0.717) is 5.92 Å². The minimum atomic E-state index is 0.282.